The third-order valence-corrected chi connectivity index (χ3v) is 5.36. The number of benzene rings is 1. The molecule has 1 saturated carbocycles. The van der Waals surface area contributed by atoms with Gasteiger partial charge in [0.25, 0.3) is 5.91 Å². The molecule has 0 unspecified atom stereocenters. The third-order valence-electron chi connectivity index (χ3n) is 5.36. The highest BCUT2D eigenvalue weighted by molar-refractivity contribution is 6.11. The number of ether oxygens (including phenoxy) is 2. The molecule has 164 valence electrons. The average Bonchev–Trinajstić information content (AvgIpc) is 3.28. The molecule has 1 saturated heterocycles. The number of hydrogen-bond acceptors (Lipinski definition) is 6. The van der Waals surface area contributed by atoms with Crippen molar-refractivity contribution in [2.45, 2.75) is 51.4 Å². The Morgan fingerprint density at radius 2 is 1.90 bits per heavy atom. The number of imide groups is 1. The Kier molecular flexibility index (Phi) is 6.43. The molecule has 31 heavy (non-hydrogen) atoms. The molecule has 4 rings (SSSR count). The molecule has 8 nitrogen and oxygen atoms in total. The number of aromatic nitrogens is 1. The fourth-order valence-electron chi connectivity index (χ4n) is 3.67. The second-order valence-corrected chi connectivity index (χ2v) is 7.61. The molecule has 0 spiro atoms. The van der Waals surface area contributed by atoms with Gasteiger partial charge < -0.3 is 19.2 Å². The molecule has 2 atom stereocenters. The molecule has 1 aromatic carbocycles. The SMILES string of the molecule is Cc1oc(-c2ccc(F)cc2)nc1CO[C@@H]1CCC[C@H](OCC=C2NC(=O)NC2=O)C1. The van der Waals surface area contributed by atoms with E-state index in [1.54, 1.807) is 18.2 Å². The van der Waals surface area contributed by atoms with E-state index in [4.69, 9.17) is 13.9 Å². The van der Waals surface area contributed by atoms with Crippen molar-refractivity contribution in [2.24, 2.45) is 0 Å². The van der Waals surface area contributed by atoms with E-state index in [2.05, 4.69) is 15.6 Å². The van der Waals surface area contributed by atoms with Gasteiger partial charge in [0.05, 0.1) is 25.4 Å². The summed E-state index contributed by atoms with van der Waals surface area (Å²) in [7, 11) is 0. The van der Waals surface area contributed by atoms with Crippen LogP contribution in [0.2, 0.25) is 0 Å². The second-order valence-electron chi connectivity index (χ2n) is 7.61. The minimum absolute atomic E-state index is 0.0175. The number of carbonyl (C=O) groups is 2. The van der Waals surface area contributed by atoms with E-state index in [1.165, 1.54) is 12.1 Å². The van der Waals surface area contributed by atoms with Crippen molar-refractivity contribution >= 4 is 11.9 Å². The predicted molar refractivity (Wildman–Crippen MR) is 108 cm³/mol. The quantitative estimate of drug-likeness (QED) is 0.517. The Hall–Kier alpha value is -3.04. The van der Waals surface area contributed by atoms with Crippen molar-refractivity contribution in [3.8, 4) is 11.5 Å². The first kappa shape index (κ1) is 21.2. The van der Waals surface area contributed by atoms with Crippen molar-refractivity contribution in [1.82, 2.24) is 15.6 Å². The van der Waals surface area contributed by atoms with Crippen LogP contribution in [0.25, 0.3) is 11.5 Å². The Bertz CT molecular complexity index is 986. The van der Waals surface area contributed by atoms with Crippen molar-refractivity contribution in [2.75, 3.05) is 6.61 Å². The summed E-state index contributed by atoms with van der Waals surface area (Å²) in [5, 5.41) is 4.58. The lowest BCUT2D eigenvalue weighted by atomic mass is 9.95. The molecular formula is C22H24FN3O5. The molecule has 3 amide bonds. The summed E-state index contributed by atoms with van der Waals surface area (Å²) in [4.78, 5) is 27.1. The standard InChI is InChI=1S/C22H24FN3O5/c1-13-19(24-21(31-13)14-5-7-15(23)8-6-14)12-30-17-4-2-3-16(11-17)29-10-9-18-20(27)26-22(28)25-18/h5-9,16-17H,2-4,10-12H2,1H3,(H2,25,26,27,28)/t16-,17+/m0/s1. The first-order chi connectivity index (χ1) is 15.0. The lowest BCUT2D eigenvalue weighted by Gasteiger charge is -2.28. The topological polar surface area (TPSA) is 103 Å². The fourth-order valence-corrected chi connectivity index (χ4v) is 3.67. The number of rotatable bonds is 7. The van der Waals surface area contributed by atoms with Gasteiger partial charge in [0.2, 0.25) is 5.89 Å². The van der Waals surface area contributed by atoms with Crippen LogP contribution in [0.4, 0.5) is 9.18 Å². The van der Waals surface area contributed by atoms with E-state index in [0.717, 1.165) is 31.4 Å². The van der Waals surface area contributed by atoms with Gasteiger partial charge in [-0.05, 0) is 62.9 Å². The van der Waals surface area contributed by atoms with Crippen molar-refractivity contribution < 1.29 is 27.9 Å². The second kappa shape index (κ2) is 9.40. The maximum absolute atomic E-state index is 13.1. The highest BCUT2D eigenvalue weighted by Gasteiger charge is 2.25. The van der Waals surface area contributed by atoms with Crippen LogP contribution in [0.1, 0.15) is 37.1 Å². The number of aryl methyl sites for hydroxylation is 1. The number of carbonyl (C=O) groups excluding carboxylic acids is 2. The molecule has 2 fully saturated rings. The van der Waals surface area contributed by atoms with E-state index in [-0.39, 0.29) is 30.3 Å². The smallest absolute Gasteiger partial charge is 0.326 e. The van der Waals surface area contributed by atoms with Crippen LogP contribution in [0.3, 0.4) is 0 Å². The number of hydrogen-bond donors (Lipinski definition) is 2. The zero-order chi connectivity index (χ0) is 21.8. The van der Waals surface area contributed by atoms with E-state index >= 15 is 0 Å². The highest BCUT2D eigenvalue weighted by atomic mass is 19.1. The minimum Gasteiger partial charge on any atom is -0.441 e. The number of nitrogens with one attached hydrogen (secondary N) is 2. The lowest BCUT2D eigenvalue weighted by Crippen LogP contribution is -2.28. The zero-order valence-electron chi connectivity index (χ0n) is 17.2. The Morgan fingerprint density at radius 3 is 2.61 bits per heavy atom. The Balaban J connectivity index is 1.27. The van der Waals surface area contributed by atoms with Crippen molar-refractivity contribution in [3.05, 3.63) is 53.3 Å². The Morgan fingerprint density at radius 1 is 1.16 bits per heavy atom. The van der Waals surface area contributed by atoms with Gasteiger partial charge in [0.15, 0.2) is 0 Å². The van der Waals surface area contributed by atoms with Gasteiger partial charge in [-0.1, -0.05) is 0 Å². The van der Waals surface area contributed by atoms with E-state index in [0.29, 0.717) is 23.8 Å². The number of oxazole rings is 1. The van der Waals surface area contributed by atoms with Crippen molar-refractivity contribution in [1.29, 1.82) is 0 Å². The molecule has 0 radical (unpaired) electrons. The molecule has 1 aliphatic heterocycles. The molecule has 2 aromatic rings. The van der Waals surface area contributed by atoms with Gasteiger partial charge in [0, 0.05) is 5.56 Å². The molecule has 0 bridgehead atoms. The van der Waals surface area contributed by atoms with Gasteiger partial charge in [-0.3, -0.25) is 10.1 Å². The summed E-state index contributed by atoms with van der Waals surface area (Å²) in [5.74, 6) is 0.363. The maximum atomic E-state index is 13.1. The minimum atomic E-state index is -0.520. The van der Waals surface area contributed by atoms with Crippen LogP contribution in [-0.4, -0.2) is 35.7 Å². The summed E-state index contributed by atoms with van der Waals surface area (Å²) >= 11 is 0. The monoisotopic (exact) mass is 429 g/mol. The molecule has 2 N–H and O–H groups in total. The summed E-state index contributed by atoms with van der Waals surface area (Å²) in [5.41, 5.74) is 1.64. The molecule has 1 aliphatic carbocycles. The van der Waals surface area contributed by atoms with Gasteiger partial charge in [-0.15, -0.1) is 0 Å². The van der Waals surface area contributed by atoms with Gasteiger partial charge in [-0.2, -0.15) is 0 Å². The highest BCUT2D eigenvalue weighted by Crippen LogP contribution is 2.26. The van der Waals surface area contributed by atoms with E-state index < -0.39 is 11.9 Å². The summed E-state index contributed by atoms with van der Waals surface area (Å²) < 4.78 is 30.7. The van der Waals surface area contributed by atoms with Crippen LogP contribution in [-0.2, 0) is 20.9 Å². The molecule has 2 heterocycles. The van der Waals surface area contributed by atoms with E-state index in [9.17, 15) is 14.0 Å². The normalized spacial score (nSPS) is 22.6. The van der Waals surface area contributed by atoms with Gasteiger partial charge >= 0.3 is 6.03 Å². The molecule has 1 aromatic heterocycles. The van der Waals surface area contributed by atoms with Crippen LogP contribution in [0.5, 0.6) is 0 Å². The Labute approximate surface area is 178 Å². The average molecular weight is 429 g/mol. The van der Waals surface area contributed by atoms with Crippen LogP contribution in [0.15, 0.2) is 40.5 Å². The molecular weight excluding hydrogens is 405 g/mol. The number of amides is 3. The van der Waals surface area contributed by atoms with Crippen LogP contribution >= 0.6 is 0 Å². The summed E-state index contributed by atoms with van der Waals surface area (Å²) in [6.45, 7) is 2.39. The number of nitrogens with zero attached hydrogens (tertiary/aromatic N) is 1. The summed E-state index contributed by atoms with van der Waals surface area (Å²) in [6, 6.07) is 5.48. The fraction of sp³-hybridized carbons (Fsp3) is 0.409. The first-order valence-electron chi connectivity index (χ1n) is 10.3. The number of urea groups is 1. The first-order valence-corrected chi connectivity index (χ1v) is 10.3. The summed E-state index contributed by atoms with van der Waals surface area (Å²) in [6.07, 6.45) is 5.18. The third kappa shape index (κ3) is 5.36. The van der Waals surface area contributed by atoms with Gasteiger partial charge in [-0.25, -0.2) is 14.2 Å². The largest absolute Gasteiger partial charge is 0.441 e. The predicted octanol–water partition coefficient (Wildman–Crippen LogP) is 3.36. The maximum Gasteiger partial charge on any atom is 0.326 e. The van der Waals surface area contributed by atoms with Crippen molar-refractivity contribution in [3.63, 3.8) is 0 Å². The lowest BCUT2D eigenvalue weighted by molar-refractivity contribution is -0.115. The number of halogens is 1. The zero-order valence-corrected chi connectivity index (χ0v) is 17.2. The molecule has 9 heteroatoms. The van der Waals surface area contributed by atoms with Gasteiger partial charge in [0.1, 0.15) is 23.0 Å². The van der Waals surface area contributed by atoms with Crippen LogP contribution < -0.4 is 10.6 Å². The van der Waals surface area contributed by atoms with E-state index in [1.807, 2.05) is 6.92 Å². The van der Waals surface area contributed by atoms with Crippen LogP contribution in [0, 0.1) is 12.7 Å². The molecule has 2 aliphatic rings.